The second kappa shape index (κ2) is 3.50. The smallest absolute Gasteiger partial charge is 0.274 e. The summed E-state index contributed by atoms with van der Waals surface area (Å²) in [7, 11) is -4.52. The Bertz CT molecular complexity index is 273. The molecular formula is C6H15NO5S. The van der Waals surface area contributed by atoms with Gasteiger partial charge in [0.2, 0.25) is 0 Å². The van der Waals surface area contributed by atoms with Gasteiger partial charge in [0.05, 0.1) is 18.8 Å². The van der Waals surface area contributed by atoms with Crippen LogP contribution in [-0.4, -0.2) is 46.7 Å². The first-order valence-corrected chi connectivity index (χ1v) is 5.04. The van der Waals surface area contributed by atoms with Gasteiger partial charge in [0.15, 0.2) is 0 Å². The van der Waals surface area contributed by atoms with E-state index in [9.17, 15) is 8.42 Å². The monoisotopic (exact) mass is 213 g/mol. The average molecular weight is 213 g/mol. The Hall–Kier alpha value is -0.210. The number of hydrogen-bond donors (Lipinski definition) is 4. The van der Waals surface area contributed by atoms with Crippen LogP contribution in [0.1, 0.15) is 13.8 Å². The molecule has 0 radical (unpaired) electrons. The second-order valence-corrected chi connectivity index (χ2v) is 5.29. The minimum Gasteiger partial charge on any atom is -0.395 e. The van der Waals surface area contributed by atoms with Crippen LogP contribution < -0.4 is 5.73 Å². The molecule has 0 aromatic carbocycles. The maximum atomic E-state index is 10.9. The van der Waals surface area contributed by atoms with Crippen molar-refractivity contribution in [3.05, 3.63) is 0 Å². The number of nitrogens with two attached hydrogens (primary N) is 1. The molecule has 0 rings (SSSR count). The predicted octanol–water partition coefficient (Wildman–Crippen LogP) is -1.67. The Balaban J connectivity index is 5.32. The third-order valence-electron chi connectivity index (χ3n) is 2.41. The van der Waals surface area contributed by atoms with Crippen molar-refractivity contribution in [3.8, 4) is 0 Å². The van der Waals surface area contributed by atoms with Crippen LogP contribution >= 0.6 is 0 Å². The summed E-state index contributed by atoms with van der Waals surface area (Å²) in [5, 5.41) is 17.7. The van der Waals surface area contributed by atoms with Crippen molar-refractivity contribution in [2.24, 2.45) is 5.73 Å². The third kappa shape index (κ3) is 2.00. The topological polar surface area (TPSA) is 121 Å². The van der Waals surface area contributed by atoms with Crippen LogP contribution in [0.5, 0.6) is 0 Å². The van der Waals surface area contributed by atoms with Gasteiger partial charge in [-0.2, -0.15) is 8.42 Å². The molecule has 7 heteroatoms. The van der Waals surface area contributed by atoms with Gasteiger partial charge in [-0.1, -0.05) is 0 Å². The van der Waals surface area contributed by atoms with Gasteiger partial charge in [-0.25, -0.2) is 0 Å². The molecule has 0 aromatic rings. The van der Waals surface area contributed by atoms with Crippen LogP contribution in [0.4, 0.5) is 0 Å². The average Bonchev–Trinajstić information content (AvgIpc) is 2.00. The van der Waals surface area contributed by atoms with Crippen molar-refractivity contribution >= 4 is 10.1 Å². The van der Waals surface area contributed by atoms with Crippen molar-refractivity contribution in [2.75, 3.05) is 13.2 Å². The molecule has 2 atom stereocenters. The molecule has 0 aliphatic rings. The highest BCUT2D eigenvalue weighted by Gasteiger charge is 2.51. The Kier molecular flexibility index (Phi) is 3.45. The maximum absolute atomic E-state index is 10.9. The van der Waals surface area contributed by atoms with Crippen LogP contribution in [0.3, 0.4) is 0 Å². The van der Waals surface area contributed by atoms with E-state index >= 15 is 0 Å². The molecule has 6 nitrogen and oxygen atoms in total. The lowest BCUT2D eigenvalue weighted by Gasteiger charge is -2.38. The van der Waals surface area contributed by atoms with Gasteiger partial charge in [0.1, 0.15) is 4.75 Å². The molecule has 80 valence electrons. The molecule has 0 spiro atoms. The molecule has 13 heavy (non-hydrogen) atoms. The van der Waals surface area contributed by atoms with Gasteiger partial charge < -0.3 is 15.9 Å². The maximum Gasteiger partial charge on any atom is 0.274 e. The number of aliphatic hydroxyl groups is 2. The van der Waals surface area contributed by atoms with Gasteiger partial charge in [0.25, 0.3) is 10.1 Å². The Morgan fingerprint density at radius 2 is 1.62 bits per heavy atom. The lowest BCUT2D eigenvalue weighted by molar-refractivity contribution is 0.124. The molecule has 0 aliphatic heterocycles. The summed E-state index contributed by atoms with van der Waals surface area (Å²) < 4.78 is 28.6. The quantitative estimate of drug-likeness (QED) is 0.414. The largest absolute Gasteiger partial charge is 0.395 e. The summed E-state index contributed by atoms with van der Waals surface area (Å²) in [4.78, 5) is 0. The van der Waals surface area contributed by atoms with E-state index < -0.39 is 33.6 Å². The number of hydrogen-bond acceptors (Lipinski definition) is 5. The van der Waals surface area contributed by atoms with E-state index in [2.05, 4.69) is 0 Å². The molecule has 2 unspecified atom stereocenters. The Labute approximate surface area is 77.1 Å². The van der Waals surface area contributed by atoms with E-state index in [1.54, 1.807) is 0 Å². The van der Waals surface area contributed by atoms with E-state index in [1.165, 1.54) is 6.92 Å². The Morgan fingerprint density at radius 1 is 1.23 bits per heavy atom. The Morgan fingerprint density at radius 3 is 1.69 bits per heavy atom. The van der Waals surface area contributed by atoms with Crippen molar-refractivity contribution in [2.45, 2.75) is 24.1 Å². The SMILES string of the molecule is CC(N)(CO)C(C)(CO)S(=O)(=O)O. The van der Waals surface area contributed by atoms with E-state index in [1.807, 2.05) is 0 Å². The zero-order chi connectivity index (χ0) is 10.9. The van der Waals surface area contributed by atoms with Gasteiger partial charge >= 0.3 is 0 Å². The summed E-state index contributed by atoms with van der Waals surface area (Å²) in [6.07, 6.45) is 0. The zero-order valence-electron chi connectivity index (χ0n) is 7.56. The summed E-state index contributed by atoms with van der Waals surface area (Å²) in [5.41, 5.74) is 3.84. The van der Waals surface area contributed by atoms with Crippen molar-refractivity contribution in [1.29, 1.82) is 0 Å². The van der Waals surface area contributed by atoms with Crippen molar-refractivity contribution in [1.82, 2.24) is 0 Å². The van der Waals surface area contributed by atoms with E-state index in [4.69, 9.17) is 20.5 Å². The molecule has 0 saturated carbocycles. The summed E-state index contributed by atoms with van der Waals surface area (Å²) in [5.74, 6) is 0. The number of aliphatic hydroxyl groups excluding tert-OH is 2. The summed E-state index contributed by atoms with van der Waals surface area (Å²) in [6.45, 7) is 0.777. The minimum atomic E-state index is -4.52. The van der Waals surface area contributed by atoms with Gasteiger partial charge in [-0.15, -0.1) is 0 Å². The molecule has 0 fully saturated rings. The van der Waals surface area contributed by atoms with Gasteiger partial charge in [-0.3, -0.25) is 4.55 Å². The first-order valence-electron chi connectivity index (χ1n) is 3.60. The predicted molar refractivity (Wildman–Crippen MR) is 46.7 cm³/mol. The third-order valence-corrected chi connectivity index (χ3v) is 4.14. The van der Waals surface area contributed by atoms with Crippen molar-refractivity contribution < 1.29 is 23.2 Å². The molecule has 0 heterocycles. The normalized spacial score (nSPS) is 22.0. The van der Waals surface area contributed by atoms with Crippen LogP contribution in [0.15, 0.2) is 0 Å². The highest BCUT2D eigenvalue weighted by Crippen LogP contribution is 2.26. The standard InChI is InChI=1S/C6H15NO5S/c1-5(7,3-8)6(2,4-9)13(10,11)12/h8-9H,3-4,7H2,1-2H3,(H,10,11,12). The molecule has 0 amide bonds. The van der Waals surface area contributed by atoms with Crippen molar-refractivity contribution in [3.63, 3.8) is 0 Å². The van der Waals surface area contributed by atoms with E-state index in [0.717, 1.165) is 6.92 Å². The van der Waals surface area contributed by atoms with Crippen LogP contribution in [-0.2, 0) is 10.1 Å². The van der Waals surface area contributed by atoms with Crippen LogP contribution in [0.25, 0.3) is 0 Å². The highest BCUT2D eigenvalue weighted by atomic mass is 32.2. The second-order valence-electron chi connectivity index (χ2n) is 3.44. The first-order chi connectivity index (χ1) is 5.62. The fourth-order valence-corrected chi connectivity index (χ4v) is 1.54. The molecule has 0 saturated heterocycles. The van der Waals surface area contributed by atoms with Gasteiger partial charge in [0, 0.05) is 0 Å². The van der Waals surface area contributed by atoms with E-state index in [-0.39, 0.29) is 0 Å². The van der Waals surface area contributed by atoms with Gasteiger partial charge in [-0.05, 0) is 13.8 Å². The van der Waals surface area contributed by atoms with E-state index in [0.29, 0.717) is 0 Å². The summed E-state index contributed by atoms with van der Waals surface area (Å²) in [6, 6.07) is 0. The highest BCUT2D eigenvalue weighted by molar-refractivity contribution is 7.87. The first kappa shape index (κ1) is 12.8. The van der Waals surface area contributed by atoms with Crippen LogP contribution in [0.2, 0.25) is 0 Å². The zero-order valence-corrected chi connectivity index (χ0v) is 8.37. The molecule has 5 N–H and O–H groups in total. The molecule has 0 bridgehead atoms. The minimum absolute atomic E-state index is 0.663. The number of rotatable bonds is 4. The lowest BCUT2D eigenvalue weighted by atomic mass is 9.88. The van der Waals surface area contributed by atoms with Crippen LogP contribution in [0, 0.1) is 0 Å². The summed E-state index contributed by atoms with van der Waals surface area (Å²) >= 11 is 0. The molecular weight excluding hydrogens is 198 g/mol. The molecule has 0 aliphatic carbocycles. The fraction of sp³-hybridized carbons (Fsp3) is 1.00. The lowest BCUT2D eigenvalue weighted by Crippen LogP contribution is -2.64. The molecule has 0 aromatic heterocycles. The fourth-order valence-electron chi connectivity index (χ4n) is 0.724.